The first-order valence-electron chi connectivity index (χ1n) is 7.49. The number of fused-ring (bicyclic) bond motifs is 1. The van der Waals surface area contributed by atoms with Crippen LogP contribution in [0.1, 0.15) is 50.7 Å². The van der Waals surface area contributed by atoms with Crippen molar-refractivity contribution in [2.24, 2.45) is 0 Å². The quantitative estimate of drug-likeness (QED) is 0.750. The molecular formula is C18H24O. The van der Waals surface area contributed by atoms with Crippen molar-refractivity contribution in [2.75, 3.05) is 0 Å². The summed E-state index contributed by atoms with van der Waals surface area (Å²) in [7, 11) is 0. The molecule has 2 aromatic rings. The predicted octanol–water partition coefficient (Wildman–Crippen LogP) is 5.23. The van der Waals surface area contributed by atoms with E-state index in [-0.39, 0.29) is 0 Å². The van der Waals surface area contributed by atoms with Crippen LogP contribution in [0.25, 0.3) is 10.8 Å². The lowest BCUT2D eigenvalue weighted by atomic mass is 9.99. The van der Waals surface area contributed by atoms with Crippen LogP contribution in [0.15, 0.2) is 30.3 Å². The minimum Gasteiger partial charge on any atom is -0.508 e. The van der Waals surface area contributed by atoms with E-state index in [2.05, 4.69) is 38.1 Å². The number of phenols is 1. The second kappa shape index (κ2) is 6.60. The lowest BCUT2D eigenvalue weighted by Gasteiger charge is -2.08. The Bertz CT molecular complexity index is 543. The van der Waals surface area contributed by atoms with E-state index in [0.29, 0.717) is 5.75 Å². The van der Waals surface area contributed by atoms with Gasteiger partial charge in [0.25, 0.3) is 0 Å². The van der Waals surface area contributed by atoms with Crippen LogP contribution in [-0.2, 0) is 12.8 Å². The fourth-order valence-corrected chi connectivity index (χ4v) is 2.49. The highest BCUT2D eigenvalue weighted by Crippen LogP contribution is 2.27. The van der Waals surface area contributed by atoms with Gasteiger partial charge in [-0.05, 0) is 59.7 Å². The highest BCUT2D eigenvalue weighted by atomic mass is 16.3. The molecule has 0 radical (unpaired) electrons. The van der Waals surface area contributed by atoms with Gasteiger partial charge in [-0.2, -0.15) is 0 Å². The van der Waals surface area contributed by atoms with Gasteiger partial charge in [-0.25, -0.2) is 0 Å². The number of rotatable bonds is 6. The van der Waals surface area contributed by atoms with Crippen LogP contribution in [0.5, 0.6) is 5.75 Å². The molecule has 2 aromatic carbocycles. The normalized spacial score (nSPS) is 11.1. The Morgan fingerprint density at radius 2 is 1.58 bits per heavy atom. The highest BCUT2D eigenvalue weighted by Gasteiger charge is 2.04. The molecule has 2 rings (SSSR count). The van der Waals surface area contributed by atoms with E-state index in [0.717, 1.165) is 36.6 Å². The molecule has 0 aromatic heterocycles. The van der Waals surface area contributed by atoms with E-state index < -0.39 is 0 Å². The smallest absolute Gasteiger partial charge is 0.119 e. The summed E-state index contributed by atoms with van der Waals surface area (Å²) in [6.07, 6.45) is 6.89. The van der Waals surface area contributed by atoms with Gasteiger partial charge in [-0.1, -0.05) is 44.9 Å². The summed E-state index contributed by atoms with van der Waals surface area (Å²) >= 11 is 0. The Labute approximate surface area is 116 Å². The molecule has 1 heteroatoms. The summed E-state index contributed by atoms with van der Waals surface area (Å²) in [5.74, 6) is 0.447. The number of phenolic OH excluding ortho intramolecular Hbond substituents is 1. The number of unbranched alkanes of at least 4 members (excludes halogenated alkanes) is 2. The maximum Gasteiger partial charge on any atom is 0.119 e. The van der Waals surface area contributed by atoms with Gasteiger partial charge in [-0.15, -0.1) is 0 Å². The summed E-state index contributed by atoms with van der Waals surface area (Å²) in [6, 6.07) is 10.7. The Balaban J connectivity index is 2.31. The zero-order valence-electron chi connectivity index (χ0n) is 12.1. The topological polar surface area (TPSA) is 20.2 Å². The summed E-state index contributed by atoms with van der Waals surface area (Å²) in [5, 5.41) is 12.4. The predicted molar refractivity (Wildman–Crippen MR) is 82.8 cm³/mol. The van der Waals surface area contributed by atoms with E-state index in [1.54, 1.807) is 0 Å². The molecule has 0 aliphatic rings. The first-order valence-corrected chi connectivity index (χ1v) is 7.49. The van der Waals surface area contributed by atoms with Crippen molar-refractivity contribution >= 4 is 10.8 Å². The van der Waals surface area contributed by atoms with Crippen LogP contribution in [0.2, 0.25) is 0 Å². The maximum absolute atomic E-state index is 10.0. The molecule has 0 unspecified atom stereocenters. The Kier molecular flexibility index (Phi) is 4.84. The third-order valence-corrected chi connectivity index (χ3v) is 3.72. The van der Waals surface area contributed by atoms with Gasteiger partial charge < -0.3 is 5.11 Å². The molecule has 0 aliphatic carbocycles. The highest BCUT2D eigenvalue weighted by molar-refractivity contribution is 5.85. The standard InChI is InChI=1S/C18H24O/c1-3-5-7-14-9-10-15-13-18(19)16(8-6-4-2)12-17(15)11-14/h9-13,19H,3-8H2,1-2H3. The third kappa shape index (κ3) is 3.50. The van der Waals surface area contributed by atoms with Gasteiger partial charge in [0.05, 0.1) is 0 Å². The number of hydrogen-bond donors (Lipinski definition) is 1. The van der Waals surface area contributed by atoms with E-state index in [1.165, 1.54) is 23.8 Å². The molecule has 1 N–H and O–H groups in total. The van der Waals surface area contributed by atoms with Gasteiger partial charge in [0.15, 0.2) is 0 Å². The molecule has 1 nitrogen and oxygen atoms in total. The second-order valence-electron chi connectivity index (χ2n) is 5.37. The van der Waals surface area contributed by atoms with Gasteiger partial charge >= 0.3 is 0 Å². The summed E-state index contributed by atoms with van der Waals surface area (Å²) in [5.41, 5.74) is 2.49. The van der Waals surface area contributed by atoms with E-state index in [1.807, 2.05) is 6.07 Å². The summed E-state index contributed by atoms with van der Waals surface area (Å²) in [4.78, 5) is 0. The maximum atomic E-state index is 10.0. The minimum absolute atomic E-state index is 0.447. The lowest BCUT2D eigenvalue weighted by molar-refractivity contribution is 0.468. The van der Waals surface area contributed by atoms with Gasteiger partial charge in [0, 0.05) is 0 Å². The van der Waals surface area contributed by atoms with Crippen molar-refractivity contribution in [2.45, 2.75) is 52.4 Å². The van der Waals surface area contributed by atoms with Crippen LogP contribution in [0.4, 0.5) is 0 Å². The fraction of sp³-hybridized carbons (Fsp3) is 0.444. The Morgan fingerprint density at radius 3 is 2.32 bits per heavy atom. The number of hydrogen-bond acceptors (Lipinski definition) is 1. The largest absolute Gasteiger partial charge is 0.508 e. The van der Waals surface area contributed by atoms with Crippen molar-refractivity contribution in [1.82, 2.24) is 0 Å². The van der Waals surface area contributed by atoms with E-state index in [4.69, 9.17) is 0 Å². The minimum atomic E-state index is 0.447. The summed E-state index contributed by atoms with van der Waals surface area (Å²) in [6.45, 7) is 4.41. The molecule has 0 saturated heterocycles. The number of aryl methyl sites for hydroxylation is 2. The molecule has 0 spiro atoms. The van der Waals surface area contributed by atoms with Crippen molar-refractivity contribution in [3.05, 3.63) is 41.5 Å². The van der Waals surface area contributed by atoms with E-state index >= 15 is 0 Å². The Hall–Kier alpha value is -1.50. The monoisotopic (exact) mass is 256 g/mol. The molecule has 102 valence electrons. The molecule has 0 bridgehead atoms. The molecule has 0 heterocycles. The van der Waals surface area contributed by atoms with Crippen molar-refractivity contribution in [1.29, 1.82) is 0 Å². The van der Waals surface area contributed by atoms with Crippen LogP contribution >= 0.6 is 0 Å². The molecule has 19 heavy (non-hydrogen) atoms. The zero-order valence-corrected chi connectivity index (χ0v) is 12.1. The van der Waals surface area contributed by atoms with Crippen LogP contribution in [0, 0.1) is 0 Å². The SMILES string of the molecule is CCCCc1ccc2cc(O)c(CCCC)cc2c1. The summed E-state index contributed by atoms with van der Waals surface area (Å²) < 4.78 is 0. The molecule has 0 atom stereocenters. The molecule has 0 amide bonds. The first-order chi connectivity index (χ1) is 9.24. The van der Waals surface area contributed by atoms with Crippen molar-refractivity contribution < 1.29 is 5.11 Å². The molecule has 0 fully saturated rings. The fourth-order valence-electron chi connectivity index (χ4n) is 2.49. The number of benzene rings is 2. The van der Waals surface area contributed by atoms with E-state index in [9.17, 15) is 5.11 Å². The molecule has 0 aliphatic heterocycles. The average molecular weight is 256 g/mol. The van der Waals surface area contributed by atoms with Crippen molar-refractivity contribution in [3.63, 3.8) is 0 Å². The third-order valence-electron chi connectivity index (χ3n) is 3.72. The molecule has 0 saturated carbocycles. The zero-order chi connectivity index (χ0) is 13.7. The van der Waals surface area contributed by atoms with Crippen LogP contribution in [0.3, 0.4) is 0 Å². The van der Waals surface area contributed by atoms with Gasteiger partial charge in [0.1, 0.15) is 5.75 Å². The van der Waals surface area contributed by atoms with Gasteiger partial charge in [0.2, 0.25) is 0 Å². The van der Waals surface area contributed by atoms with Crippen LogP contribution < -0.4 is 0 Å². The average Bonchev–Trinajstić information content (AvgIpc) is 2.43. The first kappa shape index (κ1) is 13.9. The van der Waals surface area contributed by atoms with Crippen LogP contribution in [-0.4, -0.2) is 5.11 Å². The second-order valence-corrected chi connectivity index (χ2v) is 5.37. The van der Waals surface area contributed by atoms with Gasteiger partial charge in [-0.3, -0.25) is 0 Å². The Morgan fingerprint density at radius 1 is 0.842 bits per heavy atom. The molecular weight excluding hydrogens is 232 g/mol. The number of aromatic hydroxyl groups is 1. The van der Waals surface area contributed by atoms with Crippen molar-refractivity contribution in [3.8, 4) is 5.75 Å². The lowest BCUT2D eigenvalue weighted by Crippen LogP contribution is -1.89.